The van der Waals surface area contributed by atoms with Crippen molar-refractivity contribution < 1.29 is 0 Å². The highest BCUT2D eigenvalue weighted by Crippen LogP contribution is 2.48. The number of unbranched alkanes of at least 4 members (excludes halogenated alkanes) is 2. The molecule has 0 fully saturated rings. The number of allylic oxidation sites excluding steroid dienone is 8. The van der Waals surface area contributed by atoms with E-state index in [9.17, 15) is 0 Å². The van der Waals surface area contributed by atoms with Crippen LogP contribution in [-0.2, 0) is 5.41 Å². The lowest BCUT2D eigenvalue weighted by Crippen LogP contribution is -2.19. The third-order valence-electron chi connectivity index (χ3n) is 14.3. The molecule has 0 atom stereocenters. The van der Waals surface area contributed by atoms with Gasteiger partial charge in [-0.1, -0.05) is 317 Å². The maximum absolute atomic E-state index is 4.53. The lowest BCUT2D eigenvalue weighted by atomic mass is 9.78. The second kappa shape index (κ2) is 28.6. The Labute approximate surface area is 447 Å². The summed E-state index contributed by atoms with van der Waals surface area (Å²) < 4.78 is 0. The van der Waals surface area contributed by atoms with Crippen molar-refractivity contribution in [2.45, 2.75) is 106 Å². The van der Waals surface area contributed by atoms with Gasteiger partial charge in [0.05, 0.1) is 0 Å². The van der Waals surface area contributed by atoms with Crippen molar-refractivity contribution in [2.75, 3.05) is 0 Å². The minimum absolute atomic E-state index is 0.369. The summed E-state index contributed by atoms with van der Waals surface area (Å²) in [6.07, 6.45) is 21.1. The first kappa shape index (κ1) is 55.8. The molecule has 8 aromatic rings. The van der Waals surface area contributed by atoms with Crippen LogP contribution in [0.15, 0.2) is 244 Å². The second-order valence-electron chi connectivity index (χ2n) is 19.1. The van der Waals surface area contributed by atoms with Gasteiger partial charge in [0.2, 0.25) is 0 Å². The summed E-state index contributed by atoms with van der Waals surface area (Å²) in [6, 6.07) is 70.5. The lowest BCUT2D eigenvalue weighted by molar-refractivity contribution is 0.439. The molecule has 74 heavy (non-hydrogen) atoms. The Morgan fingerprint density at radius 1 is 0.500 bits per heavy atom. The molecule has 9 rings (SSSR count). The average Bonchev–Trinajstić information content (AvgIpc) is 3.48. The molecule has 0 aromatic heterocycles. The zero-order valence-electron chi connectivity index (χ0n) is 45.8. The minimum atomic E-state index is 0.369. The van der Waals surface area contributed by atoms with Crippen LogP contribution < -0.4 is 0 Å². The molecular formula is C74H80. The zero-order chi connectivity index (χ0) is 52.7. The molecule has 0 heteroatoms. The first-order valence-electron chi connectivity index (χ1n) is 27.3. The molecule has 0 unspecified atom stereocenters. The van der Waals surface area contributed by atoms with E-state index in [0.29, 0.717) is 5.41 Å². The molecule has 1 aliphatic rings. The topological polar surface area (TPSA) is 0 Å². The Morgan fingerprint density at radius 3 is 1.32 bits per heavy atom. The van der Waals surface area contributed by atoms with E-state index in [2.05, 4.69) is 273 Å². The van der Waals surface area contributed by atoms with E-state index in [4.69, 9.17) is 0 Å². The zero-order valence-corrected chi connectivity index (χ0v) is 45.8. The molecule has 376 valence electrons. The largest absolute Gasteiger partial charge is 0.0991 e. The normalized spacial score (nSPS) is 11.8. The molecule has 0 N–H and O–H groups in total. The van der Waals surface area contributed by atoms with Gasteiger partial charge in [0, 0.05) is 0 Å². The van der Waals surface area contributed by atoms with Crippen LogP contribution in [-0.4, -0.2) is 0 Å². The highest BCUT2D eigenvalue weighted by Gasteiger charge is 2.24. The Balaban J connectivity index is 0.000000376. The van der Waals surface area contributed by atoms with Gasteiger partial charge in [-0.25, -0.2) is 0 Å². The first-order valence-corrected chi connectivity index (χ1v) is 27.3. The number of aryl methyl sites for hydroxylation is 1. The van der Waals surface area contributed by atoms with E-state index in [0.717, 1.165) is 24.0 Å². The molecule has 0 radical (unpaired) electrons. The molecule has 0 saturated carbocycles. The monoisotopic (exact) mass is 969 g/mol. The fraction of sp³-hybridized carbons (Fsp3) is 0.216. The lowest BCUT2D eigenvalue weighted by Gasteiger charge is -2.27. The van der Waals surface area contributed by atoms with Crippen molar-refractivity contribution in [3.63, 3.8) is 0 Å². The number of hydrogen-bond acceptors (Lipinski definition) is 0. The van der Waals surface area contributed by atoms with E-state index < -0.39 is 0 Å². The molecule has 0 nitrogen and oxygen atoms in total. The number of rotatable bonds is 15. The van der Waals surface area contributed by atoms with Crippen LogP contribution in [0, 0.1) is 6.92 Å². The van der Waals surface area contributed by atoms with E-state index in [1.54, 1.807) is 6.08 Å². The summed E-state index contributed by atoms with van der Waals surface area (Å²) in [4.78, 5) is 0. The van der Waals surface area contributed by atoms with Crippen LogP contribution in [0.4, 0.5) is 0 Å². The Morgan fingerprint density at radius 2 is 0.919 bits per heavy atom. The molecule has 0 saturated heterocycles. The van der Waals surface area contributed by atoms with Gasteiger partial charge in [-0.05, 0) is 133 Å². The molecule has 1 aliphatic carbocycles. The molecular weight excluding hydrogens is 889 g/mol. The van der Waals surface area contributed by atoms with Crippen LogP contribution in [0.3, 0.4) is 0 Å². The molecule has 0 bridgehead atoms. The highest BCUT2D eigenvalue weighted by atomic mass is 14.3. The predicted octanol–water partition coefficient (Wildman–Crippen LogP) is 22.5. The van der Waals surface area contributed by atoms with Crippen molar-refractivity contribution >= 4 is 11.1 Å². The molecule has 0 spiro atoms. The number of hydrogen-bond donors (Lipinski definition) is 0. The van der Waals surface area contributed by atoms with Crippen LogP contribution in [0.2, 0.25) is 0 Å². The first-order chi connectivity index (χ1) is 36.2. The maximum atomic E-state index is 4.53. The van der Waals surface area contributed by atoms with Crippen LogP contribution >= 0.6 is 0 Å². The van der Waals surface area contributed by atoms with Gasteiger partial charge in [-0.2, -0.15) is 0 Å². The summed E-state index contributed by atoms with van der Waals surface area (Å²) in [6.45, 7) is 25.9. The average molecular weight is 969 g/mol. The van der Waals surface area contributed by atoms with Crippen molar-refractivity contribution in [2.24, 2.45) is 0 Å². The van der Waals surface area contributed by atoms with Gasteiger partial charge in [-0.15, -0.1) is 0 Å². The Bertz CT molecular complexity index is 3060. The maximum Gasteiger partial charge on any atom is -0.00206 e. The van der Waals surface area contributed by atoms with E-state index in [1.807, 2.05) is 19.9 Å². The molecule has 0 amide bonds. The number of benzene rings is 8. The standard InChI is InChI=1S/C54H42.C13H20.C5H12.C2H6/c1-3-4-20-39(2)47-35-36-48(40-21-10-5-11-22-40)53(51(47)43-27-16-8-17-28-43)45-31-33-46(34-32-45)54-50(42-25-14-7-15-26-42)38-37-49(41-23-12-6-13-24-41)52(54)44-29-18-9-19-30-44;1-5-13(4,6-2)12-9-7-11(3)8-10-12;1-3-5-4-2;1-2/h3-10,12-21,23-38H,1-2,11,22H2;7-10H,5-6H2,1-4H3;3-5H2,1-2H3;1-2H3/b20-4-;;;. The highest BCUT2D eigenvalue weighted by molar-refractivity contribution is 6.03. The summed E-state index contributed by atoms with van der Waals surface area (Å²) in [5, 5.41) is 0. The minimum Gasteiger partial charge on any atom is -0.0991 e. The van der Waals surface area contributed by atoms with Crippen molar-refractivity contribution in [3.05, 3.63) is 266 Å². The van der Waals surface area contributed by atoms with Gasteiger partial charge < -0.3 is 0 Å². The predicted molar refractivity (Wildman–Crippen MR) is 329 cm³/mol. The van der Waals surface area contributed by atoms with Crippen LogP contribution in [0.5, 0.6) is 0 Å². The fourth-order valence-corrected chi connectivity index (χ4v) is 9.74. The second-order valence-corrected chi connectivity index (χ2v) is 19.1. The van der Waals surface area contributed by atoms with Gasteiger partial charge >= 0.3 is 0 Å². The Hall–Kier alpha value is -7.54. The third kappa shape index (κ3) is 13.9. The summed E-state index contributed by atoms with van der Waals surface area (Å²) in [5.74, 6) is 0. The quantitative estimate of drug-likeness (QED) is 0.0898. The summed E-state index contributed by atoms with van der Waals surface area (Å²) >= 11 is 0. The van der Waals surface area contributed by atoms with Crippen LogP contribution in [0.25, 0.3) is 77.9 Å². The third-order valence-corrected chi connectivity index (χ3v) is 14.3. The SMILES string of the molecule is C=C/C=C\C(=C)c1ccc(C2=CC=CCC2)c(-c2ccc(-c3c(-c4ccccc4)ccc(-c4ccccc4)c3-c3ccccc3)cc2)c1-c1ccccc1.CC.CCC(C)(CC)c1ccc(C)cc1.CCCCC. The fourth-order valence-electron chi connectivity index (χ4n) is 9.74. The summed E-state index contributed by atoms with van der Waals surface area (Å²) in [5.41, 5.74) is 22.3. The van der Waals surface area contributed by atoms with E-state index >= 15 is 0 Å². The van der Waals surface area contributed by atoms with Gasteiger partial charge in [0.25, 0.3) is 0 Å². The summed E-state index contributed by atoms with van der Waals surface area (Å²) in [7, 11) is 0. The van der Waals surface area contributed by atoms with Crippen molar-refractivity contribution in [3.8, 4) is 66.8 Å². The van der Waals surface area contributed by atoms with Gasteiger partial charge in [0.1, 0.15) is 0 Å². The molecule has 0 heterocycles. The van der Waals surface area contributed by atoms with Gasteiger partial charge in [-0.3, -0.25) is 0 Å². The van der Waals surface area contributed by atoms with E-state index in [-0.39, 0.29) is 0 Å². The van der Waals surface area contributed by atoms with Crippen molar-refractivity contribution in [1.29, 1.82) is 0 Å². The van der Waals surface area contributed by atoms with Gasteiger partial charge in [0.15, 0.2) is 0 Å². The van der Waals surface area contributed by atoms with E-state index in [1.165, 1.54) is 121 Å². The Kier molecular flexibility index (Phi) is 21.6. The molecule has 0 aliphatic heterocycles. The smallest absolute Gasteiger partial charge is 0.00206 e. The van der Waals surface area contributed by atoms with Crippen LogP contribution in [0.1, 0.15) is 116 Å². The van der Waals surface area contributed by atoms with Crippen molar-refractivity contribution in [1.82, 2.24) is 0 Å². The molecule has 8 aromatic carbocycles.